The van der Waals surface area contributed by atoms with E-state index in [0.29, 0.717) is 11.1 Å². The van der Waals surface area contributed by atoms with E-state index in [9.17, 15) is 0 Å². The predicted octanol–water partition coefficient (Wildman–Crippen LogP) is 3.14. The quantitative estimate of drug-likeness (QED) is 0.876. The van der Waals surface area contributed by atoms with Gasteiger partial charge in [-0.15, -0.1) is 10.2 Å². The molecular weight excluding hydrogens is 270 g/mol. The van der Waals surface area contributed by atoms with Crippen molar-refractivity contribution in [2.75, 3.05) is 13.1 Å². The Morgan fingerprint density at radius 2 is 1.95 bits per heavy atom. The number of aromatic nitrogens is 2. The van der Waals surface area contributed by atoms with Gasteiger partial charge in [-0.1, -0.05) is 41.6 Å². The molecule has 0 atom stereocenters. The summed E-state index contributed by atoms with van der Waals surface area (Å²) in [5, 5.41) is 12.4. The minimum atomic E-state index is 0.428. The van der Waals surface area contributed by atoms with E-state index in [-0.39, 0.29) is 0 Å². The Morgan fingerprint density at radius 3 is 2.70 bits per heavy atom. The van der Waals surface area contributed by atoms with E-state index < -0.39 is 0 Å². The second-order valence-electron chi connectivity index (χ2n) is 5.20. The van der Waals surface area contributed by atoms with Gasteiger partial charge in [0.2, 0.25) is 5.89 Å². The highest BCUT2D eigenvalue weighted by atomic mass is 32.2. The van der Waals surface area contributed by atoms with Crippen LogP contribution in [0.1, 0.15) is 35.8 Å². The fourth-order valence-electron chi connectivity index (χ4n) is 2.34. The summed E-state index contributed by atoms with van der Waals surface area (Å²) < 4.78 is 5.78. The largest absolute Gasteiger partial charge is 0.416 e. The average Bonchev–Trinajstić information content (AvgIpc) is 2.97. The molecule has 1 aliphatic rings. The molecule has 4 nitrogen and oxygen atoms in total. The fraction of sp³-hybridized carbons (Fsp3) is 0.467. The highest BCUT2D eigenvalue weighted by Gasteiger charge is 2.21. The summed E-state index contributed by atoms with van der Waals surface area (Å²) in [6.45, 7) is 4.18. The van der Waals surface area contributed by atoms with Gasteiger partial charge in [0, 0.05) is 11.7 Å². The number of rotatable bonds is 4. The topological polar surface area (TPSA) is 51.0 Å². The second kappa shape index (κ2) is 6.41. The maximum absolute atomic E-state index is 5.78. The molecule has 20 heavy (non-hydrogen) atoms. The SMILES string of the molecule is Cc1ccc(CSc2nnc(C3CCNCC3)o2)cc1. The van der Waals surface area contributed by atoms with E-state index in [2.05, 4.69) is 46.7 Å². The minimum Gasteiger partial charge on any atom is -0.416 e. The molecule has 0 bridgehead atoms. The molecule has 1 aromatic carbocycles. The van der Waals surface area contributed by atoms with Crippen molar-refractivity contribution in [1.29, 1.82) is 0 Å². The van der Waals surface area contributed by atoms with Crippen molar-refractivity contribution in [3.8, 4) is 0 Å². The normalized spacial score (nSPS) is 16.4. The molecule has 1 aliphatic heterocycles. The first-order chi connectivity index (χ1) is 9.81. The van der Waals surface area contributed by atoms with Gasteiger partial charge in [0.25, 0.3) is 5.22 Å². The Hall–Kier alpha value is -1.33. The van der Waals surface area contributed by atoms with Crippen LogP contribution >= 0.6 is 11.8 Å². The number of thioether (sulfide) groups is 1. The van der Waals surface area contributed by atoms with Crippen molar-refractivity contribution in [2.45, 2.75) is 36.7 Å². The third-order valence-corrected chi connectivity index (χ3v) is 4.48. The zero-order valence-corrected chi connectivity index (χ0v) is 12.4. The molecular formula is C15H19N3OS. The van der Waals surface area contributed by atoms with E-state index in [1.807, 2.05) is 0 Å². The zero-order chi connectivity index (χ0) is 13.8. The van der Waals surface area contributed by atoms with E-state index in [0.717, 1.165) is 37.6 Å². The van der Waals surface area contributed by atoms with Crippen molar-refractivity contribution >= 4 is 11.8 Å². The molecule has 3 rings (SSSR count). The predicted molar refractivity (Wildman–Crippen MR) is 79.9 cm³/mol. The Balaban J connectivity index is 1.58. The molecule has 1 fully saturated rings. The van der Waals surface area contributed by atoms with Crippen LogP contribution < -0.4 is 5.32 Å². The maximum Gasteiger partial charge on any atom is 0.276 e. The van der Waals surface area contributed by atoms with Crippen LogP contribution in [0.25, 0.3) is 0 Å². The summed E-state index contributed by atoms with van der Waals surface area (Å²) in [5.41, 5.74) is 2.56. The molecule has 0 unspecified atom stereocenters. The number of benzene rings is 1. The standard InChI is InChI=1S/C15H19N3OS/c1-11-2-4-12(5-3-11)10-20-15-18-17-14(19-15)13-6-8-16-9-7-13/h2-5,13,16H,6-10H2,1H3. The molecule has 106 valence electrons. The minimum absolute atomic E-state index is 0.428. The molecule has 2 heterocycles. The Morgan fingerprint density at radius 1 is 1.20 bits per heavy atom. The lowest BCUT2D eigenvalue weighted by Gasteiger charge is -2.18. The van der Waals surface area contributed by atoms with Crippen LogP contribution in [-0.2, 0) is 5.75 Å². The van der Waals surface area contributed by atoms with Gasteiger partial charge in [0.15, 0.2) is 0 Å². The summed E-state index contributed by atoms with van der Waals surface area (Å²) in [4.78, 5) is 0. The molecule has 1 aromatic heterocycles. The van der Waals surface area contributed by atoms with Gasteiger partial charge < -0.3 is 9.73 Å². The number of hydrogen-bond acceptors (Lipinski definition) is 5. The lowest BCUT2D eigenvalue weighted by Crippen LogP contribution is -2.26. The Labute approximate surface area is 123 Å². The van der Waals surface area contributed by atoms with Crippen molar-refractivity contribution in [3.63, 3.8) is 0 Å². The molecule has 0 radical (unpaired) electrons. The number of nitrogens with zero attached hydrogens (tertiary/aromatic N) is 2. The van der Waals surface area contributed by atoms with Crippen molar-refractivity contribution in [3.05, 3.63) is 41.3 Å². The average molecular weight is 289 g/mol. The van der Waals surface area contributed by atoms with Crippen LogP contribution in [0.15, 0.2) is 33.9 Å². The van der Waals surface area contributed by atoms with Gasteiger partial charge in [-0.3, -0.25) is 0 Å². The van der Waals surface area contributed by atoms with Crippen molar-refractivity contribution in [1.82, 2.24) is 15.5 Å². The lowest BCUT2D eigenvalue weighted by atomic mass is 9.98. The number of piperidine rings is 1. The van der Waals surface area contributed by atoms with Gasteiger partial charge in [-0.2, -0.15) is 0 Å². The number of aryl methyl sites for hydroxylation is 1. The van der Waals surface area contributed by atoms with Crippen LogP contribution in [-0.4, -0.2) is 23.3 Å². The second-order valence-corrected chi connectivity index (χ2v) is 6.13. The van der Waals surface area contributed by atoms with E-state index in [4.69, 9.17) is 4.42 Å². The number of hydrogen-bond donors (Lipinski definition) is 1. The molecule has 0 amide bonds. The smallest absolute Gasteiger partial charge is 0.276 e. The van der Waals surface area contributed by atoms with Crippen LogP contribution in [0.5, 0.6) is 0 Å². The van der Waals surface area contributed by atoms with Gasteiger partial charge in [-0.25, -0.2) is 0 Å². The summed E-state index contributed by atoms with van der Waals surface area (Å²) in [6, 6.07) is 8.55. The third kappa shape index (κ3) is 3.41. The first kappa shape index (κ1) is 13.6. The van der Waals surface area contributed by atoms with Crippen LogP contribution in [0.4, 0.5) is 0 Å². The van der Waals surface area contributed by atoms with Gasteiger partial charge in [0.05, 0.1) is 0 Å². The highest BCUT2D eigenvalue weighted by Crippen LogP contribution is 2.28. The molecule has 0 saturated carbocycles. The van der Waals surface area contributed by atoms with E-state index in [1.54, 1.807) is 11.8 Å². The molecule has 0 aliphatic carbocycles. The first-order valence-electron chi connectivity index (χ1n) is 7.04. The fourth-order valence-corrected chi connectivity index (χ4v) is 3.07. The van der Waals surface area contributed by atoms with Crippen LogP contribution in [0.3, 0.4) is 0 Å². The van der Waals surface area contributed by atoms with Crippen molar-refractivity contribution < 1.29 is 4.42 Å². The van der Waals surface area contributed by atoms with Crippen LogP contribution in [0.2, 0.25) is 0 Å². The molecule has 1 N–H and O–H groups in total. The molecule has 2 aromatic rings. The first-order valence-corrected chi connectivity index (χ1v) is 8.02. The summed E-state index contributed by atoms with van der Waals surface area (Å²) in [5.74, 6) is 2.10. The molecule has 1 saturated heterocycles. The number of nitrogens with one attached hydrogen (secondary N) is 1. The summed E-state index contributed by atoms with van der Waals surface area (Å²) in [6.07, 6.45) is 2.18. The zero-order valence-electron chi connectivity index (χ0n) is 11.6. The summed E-state index contributed by atoms with van der Waals surface area (Å²) >= 11 is 1.61. The van der Waals surface area contributed by atoms with Gasteiger partial charge in [-0.05, 0) is 38.4 Å². The monoisotopic (exact) mass is 289 g/mol. The Bertz CT molecular complexity index is 547. The molecule has 0 spiro atoms. The van der Waals surface area contributed by atoms with Crippen LogP contribution in [0, 0.1) is 6.92 Å². The van der Waals surface area contributed by atoms with Gasteiger partial charge >= 0.3 is 0 Å². The molecule has 5 heteroatoms. The third-order valence-electron chi connectivity index (χ3n) is 3.59. The Kier molecular flexibility index (Phi) is 4.38. The van der Waals surface area contributed by atoms with Crippen molar-refractivity contribution in [2.24, 2.45) is 0 Å². The van der Waals surface area contributed by atoms with E-state index >= 15 is 0 Å². The highest BCUT2D eigenvalue weighted by molar-refractivity contribution is 7.98. The van der Waals surface area contributed by atoms with E-state index in [1.165, 1.54) is 11.1 Å². The lowest BCUT2D eigenvalue weighted by molar-refractivity contribution is 0.342. The maximum atomic E-state index is 5.78. The van der Waals surface area contributed by atoms with Gasteiger partial charge in [0.1, 0.15) is 0 Å². The summed E-state index contributed by atoms with van der Waals surface area (Å²) in [7, 11) is 0.